The number of aliphatic imine (C=N–C) groups is 1. The van der Waals surface area contributed by atoms with E-state index in [1.165, 1.54) is 18.2 Å². The molecule has 6 rings (SSSR count). The minimum absolute atomic E-state index is 0.0379. The fourth-order valence-corrected chi connectivity index (χ4v) is 6.73. The third-order valence-corrected chi connectivity index (χ3v) is 8.48. The number of amidine groups is 1. The fraction of sp³-hybridized carbons (Fsp3) is 0.560. The molecule has 4 aliphatic rings. The largest absolute Gasteiger partial charge is 0.463 e. The normalized spacial score (nSPS) is 31.4. The highest BCUT2D eigenvalue weighted by Crippen LogP contribution is 2.69. The van der Waals surface area contributed by atoms with Crippen LogP contribution in [0.1, 0.15) is 43.9 Å². The highest BCUT2D eigenvalue weighted by molar-refractivity contribution is 5.75. The molecule has 0 spiro atoms. The number of rotatable bonds is 3. The first-order valence-electron chi connectivity index (χ1n) is 11.9. The van der Waals surface area contributed by atoms with Gasteiger partial charge in [0.25, 0.3) is 6.02 Å². The van der Waals surface area contributed by atoms with E-state index in [0.717, 1.165) is 24.1 Å². The molecule has 1 saturated heterocycles. The van der Waals surface area contributed by atoms with Crippen molar-refractivity contribution in [2.45, 2.75) is 50.2 Å². The van der Waals surface area contributed by atoms with Gasteiger partial charge in [0.2, 0.25) is 0 Å². The maximum absolute atomic E-state index is 14.5. The molecule has 2 aliphatic carbocycles. The zero-order valence-electron chi connectivity index (χ0n) is 19.3. The number of nitrogens with zero attached hydrogens (tertiary/aromatic N) is 4. The molecule has 1 aromatic heterocycles. The van der Waals surface area contributed by atoms with E-state index < -0.39 is 11.6 Å². The lowest BCUT2D eigenvalue weighted by Gasteiger charge is -2.47. The van der Waals surface area contributed by atoms with Crippen LogP contribution in [0.5, 0.6) is 0 Å². The molecule has 34 heavy (non-hydrogen) atoms. The van der Waals surface area contributed by atoms with Crippen LogP contribution in [-0.2, 0) is 14.9 Å². The Bertz CT molecular complexity index is 1150. The van der Waals surface area contributed by atoms with E-state index in [2.05, 4.69) is 33.9 Å². The van der Waals surface area contributed by atoms with Gasteiger partial charge in [0.05, 0.1) is 36.3 Å². The summed E-state index contributed by atoms with van der Waals surface area (Å²) in [7, 11) is 0. The predicted octanol–water partition coefficient (Wildman–Crippen LogP) is 3.02. The molecule has 7 nitrogen and oxygen atoms in total. The van der Waals surface area contributed by atoms with Gasteiger partial charge in [-0.3, -0.25) is 0 Å². The van der Waals surface area contributed by atoms with Gasteiger partial charge in [0.1, 0.15) is 24.3 Å². The number of ether oxygens (including phenoxy) is 2. The lowest BCUT2D eigenvalue weighted by Crippen LogP contribution is -2.57. The molecule has 2 aromatic rings. The third kappa shape index (κ3) is 2.89. The SMILES string of the molecule is CC1(C)[C@H]2CC[C@]1([C@@H]1CN(C3=NC(CO)CO3)CCO1)c1nnc(-c3c(F)cccc3F)cc12. The molecule has 1 aromatic carbocycles. The van der Waals surface area contributed by atoms with E-state index in [4.69, 9.17) is 9.47 Å². The Balaban J connectivity index is 1.39. The van der Waals surface area contributed by atoms with Crippen molar-refractivity contribution < 1.29 is 23.4 Å². The molecule has 2 fully saturated rings. The van der Waals surface area contributed by atoms with Gasteiger partial charge in [-0.25, -0.2) is 13.8 Å². The highest BCUT2D eigenvalue weighted by atomic mass is 19.1. The number of aliphatic hydroxyl groups excluding tert-OH is 1. The first-order chi connectivity index (χ1) is 16.4. The fourth-order valence-electron chi connectivity index (χ4n) is 6.73. The number of benzene rings is 1. The Kier molecular flexibility index (Phi) is 4.94. The van der Waals surface area contributed by atoms with Gasteiger partial charge in [-0.1, -0.05) is 19.9 Å². The average molecular weight is 471 g/mol. The van der Waals surface area contributed by atoms with Gasteiger partial charge in [-0.2, -0.15) is 10.2 Å². The van der Waals surface area contributed by atoms with Crippen molar-refractivity contribution in [3.05, 3.63) is 47.2 Å². The number of aromatic nitrogens is 2. The van der Waals surface area contributed by atoms with Crippen LogP contribution in [0.2, 0.25) is 0 Å². The van der Waals surface area contributed by atoms with E-state index in [0.29, 0.717) is 32.3 Å². The van der Waals surface area contributed by atoms with Gasteiger partial charge in [-0.15, -0.1) is 0 Å². The average Bonchev–Trinajstić information content (AvgIpc) is 3.47. The van der Waals surface area contributed by atoms with E-state index in [9.17, 15) is 13.9 Å². The molecule has 180 valence electrons. The third-order valence-electron chi connectivity index (χ3n) is 8.48. The first kappa shape index (κ1) is 21.9. The van der Waals surface area contributed by atoms with Crippen molar-refractivity contribution in [2.75, 3.05) is 32.9 Å². The van der Waals surface area contributed by atoms with Crippen molar-refractivity contribution in [1.29, 1.82) is 0 Å². The van der Waals surface area contributed by atoms with E-state index >= 15 is 0 Å². The quantitative estimate of drug-likeness (QED) is 0.743. The van der Waals surface area contributed by atoms with Crippen molar-refractivity contribution in [3.8, 4) is 11.3 Å². The molecule has 1 unspecified atom stereocenters. The topological polar surface area (TPSA) is 80.1 Å². The van der Waals surface area contributed by atoms with Gasteiger partial charge in [-0.05, 0) is 47.9 Å². The zero-order valence-corrected chi connectivity index (χ0v) is 19.3. The molecule has 1 saturated carbocycles. The van der Waals surface area contributed by atoms with Gasteiger partial charge >= 0.3 is 0 Å². The maximum Gasteiger partial charge on any atom is 0.288 e. The van der Waals surface area contributed by atoms with Crippen LogP contribution in [0.3, 0.4) is 0 Å². The van der Waals surface area contributed by atoms with Crippen LogP contribution in [0.15, 0.2) is 29.3 Å². The number of hydrogen-bond acceptors (Lipinski definition) is 7. The van der Waals surface area contributed by atoms with Crippen molar-refractivity contribution in [2.24, 2.45) is 10.4 Å². The highest BCUT2D eigenvalue weighted by Gasteiger charge is 2.67. The Labute approximate surface area is 196 Å². The Morgan fingerprint density at radius 3 is 2.74 bits per heavy atom. The van der Waals surface area contributed by atoms with Crippen LogP contribution < -0.4 is 0 Å². The second kappa shape index (κ2) is 7.68. The van der Waals surface area contributed by atoms with Crippen LogP contribution >= 0.6 is 0 Å². The maximum atomic E-state index is 14.5. The number of aliphatic hydroxyl groups is 1. The summed E-state index contributed by atoms with van der Waals surface area (Å²) in [5.74, 6) is -1.09. The second-order valence-corrected chi connectivity index (χ2v) is 10.3. The minimum Gasteiger partial charge on any atom is -0.463 e. The number of halogens is 2. The monoisotopic (exact) mass is 470 g/mol. The molecule has 2 bridgehead atoms. The second-order valence-electron chi connectivity index (χ2n) is 10.3. The number of hydrogen-bond donors (Lipinski definition) is 1. The van der Waals surface area contributed by atoms with Crippen molar-refractivity contribution in [1.82, 2.24) is 15.1 Å². The molecule has 3 heterocycles. The van der Waals surface area contributed by atoms with Gasteiger partial charge in [0.15, 0.2) is 0 Å². The van der Waals surface area contributed by atoms with Crippen molar-refractivity contribution >= 4 is 6.02 Å². The Morgan fingerprint density at radius 1 is 1.21 bits per heavy atom. The molecule has 1 N–H and O–H groups in total. The smallest absolute Gasteiger partial charge is 0.288 e. The van der Waals surface area contributed by atoms with Crippen LogP contribution in [-0.4, -0.2) is 71.3 Å². The number of morpholine rings is 1. The lowest BCUT2D eigenvalue weighted by atomic mass is 9.64. The summed E-state index contributed by atoms with van der Waals surface area (Å²) >= 11 is 0. The standard InChI is InChI=1S/C25H28F2N4O3/c1-24(2)16-6-7-25(24,20-11-31(8-9-33-20)23-28-14(12-32)13-34-23)22-15(16)10-19(29-30-22)21-17(26)4-3-5-18(21)27/h3-5,10,14,16,20,32H,6-9,11-13H2,1-2H3/t14?,16-,20-,25-/m0/s1. The van der Waals surface area contributed by atoms with Crippen LogP contribution in [0.25, 0.3) is 11.3 Å². The summed E-state index contributed by atoms with van der Waals surface area (Å²) in [6.07, 6.45) is 1.70. The van der Waals surface area contributed by atoms with E-state index in [-0.39, 0.29) is 46.8 Å². The molecule has 4 atom stereocenters. The molecular formula is C25H28F2N4O3. The van der Waals surface area contributed by atoms with Gasteiger partial charge in [0, 0.05) is 18.5 Å². The zero-order chi connectivity index (χ0) is 23.7. The summed E-state index contributed by atoms with van der Waals surface area (Å²) in [6, 6.07) is 5.99. The summed E-state index contributed by atoms with van der Waals surface area (Å²) < 4.78 is 41.1. The van der Waals surface area contributed by atoms with Gasteiger partial charge < -0.3 is 19.5 Å². The van der Waals surface area contributed by atoms with Crippen LogP contribution in [0, 0.1) is 17.0 Å². The summed E-state index contributed by atoms with van der Waals surface area (Å²) in [6.45, 7) is 6.61. The molecule has 9 heteroatoms. The predicted molar refractivity (Wildman–Crippen MR) is 120 cm³/mol. The summed E-state index contributed by atoms with van der Waals surface area (Å²) in [4.78, 5) is 6.60. The molecule has 0 radical (unpaired) electrons. The summed E-state index contributed by atoms with van der Waals surface area (Å²) in [5, 5.41) is 18.3. The first-order valence-corrected chi connectivity index (χ1v) is 11.9. The van der Waals surface area contributed by atoms with E-state index in [1.807, 2.05) is 6.07 Å². The Hall–Kier alpha value is -2.65. The molecule has 2 aliphatic heterocycles. The van der Waals surface area contributed by atoms with Crippen molar-refractivity contribution in [3.63, 3.8) is 0 Å². The minimum atomic E-state index is -0.642. The van der Waals surface area contributed by atoms with E-state index in [1.54, 1.807) is 0 Å². The lowest BCUT2D eigenvalue weighted by molar-refractivity contribution is -0.0810. The summed E-state index contributed by atoms with van der Waals surface area (Å²) in [5.41, 5.74) is 1.43. The molecular weight excluding hydrogens is 442 g/mol. The Morgan fingerprint density at radius 2 is 2.00 bits per heavy atom. The number of fused-ring (bicyclic) bond motifs is 5. The van der Waals surface area contributed by atoms with Crippen LogP contribution in [0.4, 0.5) is 8.78 Å². The molecule has 0 amide bonds.